The van der Waals surface area contributed by atoms with Crippen LogP contribution in [0.3, 0.4) is 0 Å². The summed E-state index contributed by atoms with van der Waals surface area (Å²) < 4.78 is 9.72. The second kappa shape index (κ2) is 7.12. The molecule has 1 heterocycles. The van der Waals surface area contributed by atoms with Crippen LogP contribution in [0.15, 0.2) is 10.6 Å². The Morgan fingerprint density at radius 3 is 2.75 bits per heavy atom. The number of carbonyl (C=O) groups excluding carboxylic acids is 2. The number of ether oxygens (including phenoxy) is 1. The van der Waals surface area contributed by atoms with Crippen molar-refractivity contribution in [3.63, 3.8) is 0 Å². The van der Waals surface area contributed by atoms with Crippen LogP contribution in [-0.4, -0.2) is 40.7 Å². The van der Waals surface area contributed by atoms with Crippen LogP contribution in [0.25, 0.3) is 0 Å². The summed E-state index contributed by atoms with van der Waals surface area (Å²) in [5.41, 5.74) is 4.92. The number of aryl methyl sites for hydroxylation is 1. The van der Waals surface area contributed by atoms with Crippen LogP contribution >= 0.6 is 0 Å². The van der Waals surface area contributed by atoms with Crippen molar-refractivity contribution in [2.45, 2.75) is 25.8 Å². The minimum Gasteiger partial charge on any atom is -0.480 e. The molecule has 20 heavy (non-hydrogen) atoms. The van der Waals surface area contributed by atoms with Gasteiger partial charge < -0.3 is 25.4 Å². The Balaban J connectivity index is 2.41. The van der Waals surface area contributed by atoms with E-state index in [1.165, 1.54) is 6.07 Å². The first-order valence-corrected chi connectivity index (χ1v) is 5.75. The maximum absolute atomic E-state index is 11.5. The first-order chi connectivity index (χ1) is 9.38. The van der Waals surface area contributed by atoms with Crippen molar-refractivity contribution >= 4 is 17.8 Å². The van der Waals surface area contributed by atoms with Gasteiger partial charge in [-0.15, -0.1) is 0 Å². The number of carbonyl (C=O) groups is 3. The summed E-state index contributed by atoms with van der Waals surface area (Å²) >= 11 is 0. The summed E-state index contributed by atoms with van der Waals surface area (Å²) in [5, 5.41) is 14.6. The minimum atomic E-state index is -1.25. The number of hydrogen-bond acceptors (Lipinski definition) is 6. The summed E-state index contributed by atoms with van der Waals surface area (Å²) in [6, 6.07) is 0.285. The molecule has 0 aliphatic rings. The summed E-state index contributed by atoms with van der Waals surface area (Å²) in [6.07, 6.45) is -0.222. The number of aromatic nitrogens is 1. The second-order valence-electron chi connectivity index (χ2n) is 4.03. The highest BCUT2D eigenvalue weighted by Gasteiger charge is 2.20. The van der Waals surface area contributed by atoms with Gasteiger partial charge in [0.05, 0.1) is 0 Å². The summed E-state index contributed by atoms with van der Waals surface area (Å²) in [4.78, 5) is 33.0. The SMILES string of the molecule is Cc1cc(OCC(=O)NC(CCC(N)=O)C(=O)O)no1. The van der Waals surface area contributed by atoms with Gasteiger partial charge in [0.2, 0.25) is 5.91 Å². The van der Waals surface area contributed by atoms with Gasteiger partial charge in [-0.3, -0.25) is 9.59 Å². The van der Waals surface area contributed by atoms with E-state index in [2.05, 4.69) is 10.5 Å². The van der Waals surface area contributed by atoms with Crippen LogP contribution in [0, 0.1) is 6.92 Å². The number of hydrogen-bond donors (Lipinski definition) is 3. The Morgan fingerprint density at radius 2 is 2.25 bits per heavy atom. The van der Waals surface area contributed by atoms with Gasteiger partial charge in [-0.2, -0.15) is 0 Å². The summed E-state index contributed by atoms with van der Waals surface area (Å²) in [5.74, 6) is -1.90. The van der Waals surface area contributed by atoms with Crippen LogP contribution in [0.2, 0.25) is 0 Å². The van der Waals surface area contributed by atoms with Gasteiger partial charge in [-0.1, -0.05) is 0 Å². The lowest BCUT2D eigenvalue weighted by atomic mass is 10.1. The molecular weight excluding hydrogens is 270 g/mol. The fraction of sp³-hybridized carbons (Fsp3) is 0.455. The van der Waals surface area contributed by atoms with E-state index < -0.39 is 30.4 Å². The van der Waals surface area contributed by atoms with Crippen molar-refractivity contribution in [1.82, 2.24) is 10.5 Å². The predicted octanol–water partition coefficient (Wildman–Crippen LogP) is -0.803. The number of nitrogens with zero attached hydrogens (tertiary/aromatic N) is 1. The van der Waals surface area contributed by atoms with Crippen molar-refractivity contribution in [1.29, 1.82) is 0 Å². The maximum Gasteiger partial charge on any atom is 0.326 e. The lowest BCUT2D eigenvalue weighted by molar-refractivity contribution is -0.142. The second-order valence-corrected chi connectivity index (χ2v) is 4.03. The van der Waals surface area contributed by atoms with Crippen LogP contribution in [0.1, 0.15) is 18.6 Å². The lowest BCUT2D eigenvalue weighted by Crippen LogP contribution is -2.43. The Bertz CT molecular complexity index is 498. The van der Waals surface area contributed by atoms with Crippen LogP contribution < -0.4 is 15.8 Å². The Kier molecular flexibility index (Phi) is 5.51. The van der Waals surface area contributed by atoms with Gasteiger partial charge in [0.1, 0.15) is 11.8 Å². The van der Waals surface area contributed by atoms with E-state index in [9.17, 15) is 14.4 Å². The average molecular weight is 285 g/mol. The van der Waals surface area contributed by atoms with E-state index in [1.54, 1.807) is 6.92 Å². The maximum atomic E-state index is 11.5. The Hall–Kier alpha value is -2.58. The lowest BCUT2D eigenvalue weighted by Gasteiger charge is -2.13. The molecule has 1 atom stereocenters. The topological polar surface area (TPSA) is 145 Å². The number of nitrogens with two attached hydrogens (primary N) is 1. The molecule has 1 aromatic rings. The highest BCUT2D eigenvalue weighted by molar-refractivity contribution is 5.85. The molecule has 1 aromatic heterocycles. The third-order valence-electron chi connectivity index (χ3n) is 2.27. The van der Waals surface area contributed by atoms with Crippen LogP contribution in [-0.2, 0) is 14.4 Å². The largest absolute Gasteiger partial charge is 0.480 e. The van der Waals surface area contributed by atoms with Crippen molar-refractivity contribution in [3.05, 3.63) is 11.8 Å². The molecule has 0 saturated heterocycles. The number of carboxylic acid groups (broad SMARTS) is 1. The van der Waals surface area contributed by atoms with Crippen molar-refractivity contribution < 1.29 is 28.8 Å². The summed E-state index contributed by atoms with van der Waals surface area (Å²) in [7, 11) is 0. The molecule has 0 bridgehead atoms. The zero-order valence-electron chi connectivity index (χ0n) is 10.8. The van der Waals surface area contributed by atoms with Crippen molar-refractivity contribution in [3.8, 4) is 5.88 Å². The first kappa shape index (κ1) is 15.5. The quantitative estimate of drug-likeness (QED) is 0.566. The molecule has 0 aliphatic carbocycles. The molecule has 1 unspecified atom stereocenters. The zero-order chi connectivity index (χ0) is 15.1. The van der Waals surface area contributed by atoms with Gasteiger partial charge in [0.15, 0.2) is 6.61 Å². The average Bonchev–Trinajstić information content (AvgIpc) is 2.77. The van der Waals surface area contributed by atoms with Gasteiger partial charge in [0.25, 0.3) is 11.8 Å². The van der Waals surface area contributed by atoms with E-state index in [4.69, 9.17) is 20.1 Å². The standard InChI is InChI=1S/C11H15N3O6/c1-6-4-10(14-20-6)19-5-9(16)13-7(11(17)18)2-3-8(12)15/h4,7H,2-3,5H2,1H3,(H2,12,15)(H,13,16)(H,17,18). The third-order valence-corrected chi connectivity index (χ3v) is 2.27. The Morgan fingerprint density at radius 1 is 1.55 bits per heavy atom. The van der Waals surface area contributed by atoms with E-state index in [1.807, 2.05) is 0 Å². The van der Waals surface area contributed by atoms with E-state index in [0.717, 1.165) is 0 Å². The summed E-state index contributed by atoms with van der Waals surface area (Å²) in [6.45, 7) is 1.25. The van der Waals surface area contributed by atoms with E-state index >= 15 is 0 Å². The number of primary amides is 1. The molecule has 9 heteroatoms. The minimum absolute atomic E-state index is 0.0839. The number of carboxylic acids is 1. The predicted molar refractivity (Wildman–Crippen MR) is 64.7 cm³/mol. The molecule has 0 fully saturated rings. The fourth-order valence-electron chi connectivity index (χ4n) is 1.33. The van der Waals surface area contributed by atoms with E-state index in [-0.39, 0.29) is 18.7 Å². The number of aliphatic carboxylic acids is 1. The molecule has 110 valence electrons. The number of rotatable bonds is 8. The van der Waals surface area contributed by atoms with Gasteiger partial charge in [-0.05, 0) is 18.5 Å². The molecule has 4 N–H and O–H groups in total. The molecule has 0 aromatic carbocycles. The van der Waals surface area contributed by atoms with Crippen molar-refractivity contribution in [2.75, 3.05) is 6.61 Å². The van der Waals surface area contributed by atoms with Gasteiger partial charge >= 0.3 is 5.97 Å². The molecule has 0 spiro atoms. The van der Waals surface area contributed by atoms with Crippen LogP contribution in [0.4, 0.5) is 0 Å². The third kappa shape index (κ3) is 5.38. The first-order valence-electron chi connectivity index (χ1n) is 5.75. The van der Waals surface area contributed by atoms with Gasteiger partial charge in [-0.25, -0.2) is 4.79 Å². The molecular formula is C11H15N3O6. The molecule has 9 nitrogen and oxygen atoms in total. The highest BCUT2D eigenvalue weighted by Crippen LogP contribution is 2.09. The fourth-order valence-corrected chi connectivity index (χ4v) is 1.33. The highest BCUT2D eigenvalue weighted by atomic mass is 16.5. The molecule has 0 radical (unpaired) electrons. The smallest absolute Gasteiger partial charge is 0.326 e. The molecule has 0 aliphatic heterocycles. The molecule has 2 amide bonds. The monoisotopic (exact) mass is 285 g/mol. The van der Waals surface area contributed by atoms with Crippen LogP contribution in [0.5, 0.6) is 5.88 Å². The molecule has 0 saturated carbocycles. The van der Waals surface area contributed by atoms with Crippen molar-refractivity contribution in [2.24, 2.45) is 5.73 Å². The van der Waals surface area contributed by atoms with Gasteiger partial charge in [0, 0.05) is 12.5 Å². The number of nitrogens with one attached hydrogen (secondary N) is 1. The molecule has 1 rings (SSSR count). The normalized spacial score (nSPS) is 11.7. The Labute approximate surface area is 114 Å². The zero-order valence-corrected chi connectivity index (χ0v) is 10.8. The van der Waals surface area contributed by atoms with E-state index in [0.29, 0.717) is 5.76 Å². The number of amides is 2.